The van der Waals surface area contributed by atoms with Crippen molar-refractivity contribution < 1.29 is 17.9 Å². The lowest BCUT2D eigenvalue weighted by Gasteiger charge is -2.14. The summed E-state index contributed by atoms with van der Waals surface area (Å²) >= 11 is 0. The summed E-state index contributed by atoms with van der Waals surface area (Å²) in [4.78, 5) is 12.0. The number of sulfone groups is 1. The van der Waals surface area contributed by atoms with E-state index in [1.54, 1.807) is 24.3 Å². The molecule has 0 saturated carbocycles. The predicted octanol–water partition coefficient (Wildman–Crippen LogP) is 3.77. The maximum Gasteiger partial charge on any atom is 0.324 e. The van der Waals surface area contributed by atoms with Gasteiger partial charge >= 0.3 is 5.97 Å². The molecule has 1 aromatic carbocycles. The highest BCUT2D eigenvalue weighted by Crippen LogP contribution is 2.20. The molecule has 0 bridgehead atoms. The molecule has 0 aliphatic rings. The number of carbonyl (C=O) groups excluding carboxylic acids is 1. The number of hydrogen-bond donors (Lipinski definition) is 0. The summed E-state index contributed by atoms with van der Waals surface area (Å²) in [5.74, 6) is -0.0645. The van der Waals surface area contributed by atoms with Crippen molar-refractivity contribution in [3.05, 3.63) is 42.5 Å². The summed E-state index contributed by atoms with van der Waals surface area (Å²) in [6.45, 7) is 4.34. The topological polar surface area (TPSA) is 60.4 Å². The van der Waals surface area contributed by atoms with Crippen LogP contribution in [0.4, 0.5) is 0 Å². The van der Waals surface area contributed by atoms with Crippen LogP contribution in [0.15, 0.2) is 47.4 Å². The molecule has 5 heteroatoms. The van der Waals surface area contributed by atoms with Gasteiger partial charge in [0.2, 0.25) is 0 Å². The van der Waals surface area contributed by atoms with Crippen molar-refractivity contribution in [1.29, 1.82) is 0 Å². The molecule has 4 nitrogen and oxygen atoms in total. The Balaban J connectivity index is 2.78. The van der Waals surface area contributed by atoms with E-state index < -0.39 is 21.1 Å². The third kappa shape index (κ3) is 6.18. The van der Waals surface area contributed by atoms with Crippen LogP contribution in [0.5, 0.6) is 0 Å². The highest BCUT2D eigenvalue weighted by molar-refractivity contribution is 7.92. The Morgan fingerprint density at radius 2 is 1.83 bits per heavy atom. The summed E-state index contributed by atoms with van der Waals surface area (Å²) in [6.07, 6.45) is 6.92. The maximum absolute atomic E-state index is 12.6. The zero-order chi connectivity index (χ0) is 17.3. The van der Waals surface area contributed by atoms with Crippen LogP contribution in [0.25, 0.3) is 0 Å². The van der Waals surface area contributed by atoms with E-state index >= 15 is 0 Å². The molecule has 0 fully saturated rings. The molecule has 1 rings (SSSR count). The zero-order valence-corrected chi connectivity index (χ0v) is 14.9. The molecule has 0 saturated heterocycles. The highest BCUT2D eigenvalue weighted by Gasteiger charge is 2.33. The lowest BCUT2D eigenvalue weighted by molar-refractivity contribution is -0.140. The molecule has 0 aliphatic carbocycles. The second-order valence-electron chi connectivity index (χ2n) is 5.90. The minimum Gasteiger partial charge on any atom is -0.468 e. The number of ether oxygens (including phenoxy) is 1. The minimum absolute atomic E-state index is 0.131. The van der Waals surface area contributed by atoms with Crippen molar-refractivity contribution >= 4 is 15.8 Å². The summed E-state index contributed by atoms with van der Waals surface area (Å²) in [5, 5.41) is -1.20. The largest absolute Gasteiger partial charge is 0.468 e. The number of methoxy groups -OCH3 is 1. The van der Waals surface area contributed by atoms with Crippen LogP contribution < -0.4 is 0 Å². The number of rotatable bonds is 9. The molecule has 0 N–H and O–H groups in total. The molecule has 0 radical (unpaired) electrons. The van der Waals surface area contributed by atoms with Gasteiger partial charge in [-0.1, -0.05) is 50.6 Å². The van der Waals surface area contributed by atoms with Crippen molar-refractivity contribution in [2.75, 3.05) is 7.11 Å². The van der Waals surface area contributed by atoms with Crippen molar-refractivity contribution in [3.63, 3.8) is 0 Å². The second-order valence-corrected chi connectivity index (χ2v) is 8.03. The van der Waals surface area contributed by atoms with Gasteiger partial charge in [0.25, 0.3) is 0 Å². The van der Waals surface area contributed by atoms with E-state index in [1.807, 2.05) is 6.08 Å². The normalized spacial score (nSPS) is 13.4. The third-order valence-corrected chi connectivity index (χ3v) is 5.64. The molecule has 1 aromatic rings. The Labute approximate surface area is 139 Å². The Kier molecular flexibility index (Phi) is 8.03. The fourth-order valence-corrected chi connectivity index (χ4v) is 3.82. The summed E-state index contributed by atoms with van der Waals surface area (Å²) in [7, 11) is -2.53. The van der Waals surface area contributed by atoms with Crippen LogP contribution in [0.2, 0.25) is 0 Å². The van der Waals surface area contributed by atoms with Gasteiger partial charge in [-0.25, -0.2) is 8.42 Å². The summed E-state index contributed by atoms with van der Waals surface area (Å²) < 4.78 is 29.9. The van der Waals surface area contributed by atoms with Gasteiger partial charge in [0.15, 0.2) is 15.1 Å². The zero-order valence-electron chi connectivity index (χ0n) is 14.1. The molecule has 0 heterocycles. The molecule has 0 aromatic heterocycles. The number of unbranched alkanes of at least 4 members (excludes halogenated alkanes) is 1. The molecule has 0 aliphatic heterocycles. The van der Waals surface area contributed by atoms with E-state index in [9.17, 15) is 13.2 Å². The van der Waals surface area contributed by atoms with Gasteiger partial charge in [-0.15, -0.1) is 0 Å². The third-order valence-electron chi connectivity index (χ3n) is 3.58. The van der Waals surface area contributed by atoms with E-state index in [1.165, 1.54) is 19.2 Å². The van der Waals surface area contributed by atoms with Crippen molar-refractivity contribution in [1.82, 2.24) is 0 Å². The predicted molar refractivity (Wildman–Crippen MR) is 91.9 cm³/mol. The maximum atomic E-state index is 12.6. The van der Waals surface area contributed by atoms with Crippen molar-refractivity contribution in [3.8, 4) is 0 Å². The summed E-state index contributed by atoms with van der Waals surface area (Å²) in [5.41, 5.74) is 0. The number of hydrogen-bond acceptors (Lipinski definition) is 4. The average Bonchev–Trinajstić information content (AvgIpc) is 2.53. The Morgan fingerprint density at radius 3 is 2.39 bits per heavy atom. The lowest BCUT2D eigenvalue weighted by atomic mass is 10.1. The molecule has 1 atom stereocenters. The average molecular weight is 338 g/mol. The Morgan fingerprint density at radius 1 is 1.17 bits per heavy atom. The van der Waals surface area contributed by atoms with E-state index in [4.69, 9.17) is 0 Å². The smallest absolute Gasteiger partial charge is 0.324 e. The van der Waals surface area contributed by atoms with Gasteiger partial charge in [0.1, 0.15) is 0 Å². The fraction of sp³-hybridized carbons (Fsp3) is 0.500. The van der Waals surface area contributed by atoms with Crippen LogP contribution in [0.3, 0.4) is 0 Å². The van der Waals surface area contributed by atoms with E-state index in [-0.39, 0.29) is 11.3 Å². The standard InChI is InChI=1S/C18H26O4S/c1-15(2)11-7-4-5-10-14-17(18(19)22-3)23(20,21)16-12-8-6-9-13-16/h5-6,8-10,12-13,15,17H,4,7,11,14H2,1-3H3. The van der Waals surface area contributed by atoms with Gasteiger partial charge < -0.3 is 4.74 Å². The van der Waals surface area contributed by atoms with Gasteiger partial charge in [-0.3, -0.25) is 4.79 Å². The first-order valence-electron chi connectivity index (χ1n) is 7.91. The quantitative estimate of drug-likeness (QED) is 0.391. The second kappa shape index (κ2) is 9.50. The van der Waals surface area contributed by atoms with Gasteiger partial charge in [0, 0.05) is 0 Å². The lowest BCUT2D eigenvalue weighted by Crippen LogP contribution is -2.31. The SMILES string of the molecule is COC(=O)C(CC=CCCCC(C)C)S(=O)(=O)c1ccccc1. The Bertz CT molecular complexity index is 603. The number of allylic oxidation sites excluding steroid dienone is 2. The van der Waals surface area contributed by atoms with Crippen LogP contribution in [0, 0.1) is 5.92 Å². The fourth-order valence-electron chi connectivity index (χ4n) is 2.24. The van der Waals surface area contributed by atoms with E-state index in [0.29, 0.717) is 5.92 Å². The van der Waals surface area contributed by atoms with Crippen molar-refractivity contribution in [2.45, 2.75) is 49.7 Å². The number of esters is 1. The van der Waals surface area contributed by atoms with Crippen LogP contribution >= 0.6 is 0 Å². The minimum atomic E-state index is -3.74. The van der Waals surface area contributed by atoms with Gasteiger partial charge in [-0.2, -0.15) is 0 Å². The molecule has 128 valence electrons. The van der Waals surface area contributed by atoms with Gasteiger partial charge in [0.05, 0.1) is 12.0 Å². The molecular formula is C18H26O4S. The van der Waals surface area contributed by atoms with E-state index in [0.717, 1.165) is 19.3 Å². The first kappa shape index (κ1) is 19.4. The Hall–Kier alpha value is -1.62. The van der Waals surface area contributed by atoms with Crippen molar-refractivity contribution in [2.24, 2.45) is 5.92 Å². The number of benzene rings is 1. The highest BCUT2D eigenvalue weighted by atomic mass is 32.2. The molecular weight excluding hydrogens is 312 g/mol. The van der Waals surface area contributed by atoms with Crippen LogP contribution in [-0.4, -0.2) is 26.7 Å². The molecule has 0 amide bonds. The monoisotopic (exact) mass is 338 g/mol. The van der Waals surface area contributed by atoms with Crippen LogP contribution in [-0.2, 0) is 19.4 Å². The van der Waals surface area contributed by atoms with E-state index in [2.05, 4.69) is 18.6 Å². The number of carbonyl (C=O) groups is 1. The summed E-state index contributed by atoms with van der Waals surface area (Å²) in [6, 6.07) is 8.02. The molecule has 23 heavy (non-hydrogen) atoms. The molecule has 1 unspecified atom stereocenters. The molecule has 0 spiro atoms. The first-order chi connectivity index (χ1) is 10.9. The van der Waals surface area contributed by atoms with Crippen LogP contribution in [0.1, 0.15) is 39.5 Å². The first-order valence-corrected chi connectivity index (χ1v) is 9.46. The van der Waals surface area contributed by atoms with Gasteiger partial charge in [-0.05, 0) is 37.3 Å².